The third kappa shape index (κ3) is 4.83. The molecule has 1 amide bonds. The van der Waals surface area contributed by atoms with E-state index in [1.807, 2.05) is 47.3 Å². The number of aromatic nitrogens is 1. The van der Waals surface area contributed by atoms with Crippen molar-refractivity contribution >= 4 is 29.5 Å². The largest absolute Gasteiger partial charge is 0.447 e. The third-order valence-electron chi connectivity index (χ3n) is 3.61. The molecule has 0 aliphatic rings. The van der Waals surface area contributed by atoms with Crippen molar-refractivity contribution in [2.24, 2.45) is 0 Å². The number of carbonyl (C=O) groups is 2. The molecule has 1 aromatic carbocycles. The van der Waals surface area contributed by atoms with Crippen LogP contribution in [0.5, 0.6) is 0 Å². The third-order valence-corrected chi connectivity index (χ3v) is 4.55. The minimum Gasteiger partial charge on any atom is -0.447 e. The van der Waals surface area contributed by atoms with E-state index in [1.165, 1.54) is 11.8 Å². The second-order valence-electron chi connectivity index (χ2n) is 6.15. The van der Waals surface area contributed by atoms with Gasteiger partial charge < -0.3 is 13.7 Å². The van der Waals surface area contributed by atoms with Crippen LogP contribution in [0.15, 0.2) is 69.3 Å². The van der Waals surface area contributed by atoms with Crippen LogP contribution >= 0.6 is 11.8 Å². The number of rotatable bonds is 6. The maximum absolute atomic E-state index is 12.1. The summed E-state index contributed by atoms with van der Waals surface area (Å²) in [4.78, 5) is 25.4. The molecular formula is C20H20N2O4S. The van der Waals surface area contributed by atoms with Crippen molar-refractivity contribution in [1.82, 2.24) is 4.57 Å². The summed E-state index contributed by atoms with van der Waals surface area (Å²) >= 11 is 1.44. The lowest BCUT2D eigenvalue weighted by molar-refractivity contribution is 0.101. The predicted octanol–water partition coefficient (Wildman–Crippen LogP) is 5.38. The molecule has 3 rings (SSSR count). The van der Waals surface area contributed by atoms with Crippen LogP contribution in [0.4, 0.5) is 10.7 Å². The first-order chi connectivity index (χ1) is 12.9. The second-order valence-corrected chi connectivity index (χ2v) is 7.30. The average Bonchev–Trinajstić information content (AvgIpc) is 3.26. The Morgan fingerprint density at radius 1 is 1.15 bits per heavy atom. The normalized spacial score (nSPS) is 10.8. The van der Waals surface area contributed by atoms with E-state index in [1.54, 1.807) is 33.1 Å². The number of ketones is 1. The molecule has 27 heavy (non-hydrogen) atoms. The number of nitrogens with one attached hydrogen (secondary N) is 1. The first-order valence-electron chi connectivity index (χ1n) is 8.44. The van der Waals surface area contributed by atoms with Gasteiger partial charge in [-0.05, 0) is 51.1 Å². The van der Waals surface area contributed by atoms with Gasteiger partial charge in [0.1, 0.15) is 6.26 Å². The van der Waals surface area contributed by atoms with Gasteiger partial charge in [0, 0.05) is 28.9 Å². The zero-order valence-corrected chi connectivity index (χ0v) is 16.1. The SMILES string of the molecule is CC(=O)c1cc(Sc2coc(NC(=O)OC(C)C)c2)ccc1-n1cccc1. The molecule has 0 bridgehead atoms. The van der Waals surface area contributed by atoms with E-state index < -0.39 is 6.09 Å². The molecule has 1 N–H and O–H groups in total. The van der Waals surface area contributed by atoms with Crippen LogP contribution in [-0.2, 0) is 4.74 Å². The van der Waals surface area contributed by atoms with Crippen LogP contribution in [0.25, 0.3) is 5.69 Å². The van der Waals surface area contributed by atoms with Gasteiger partial charge in [-0.1, -0.05) is 11.8 Å². The number of benzene rings is 1. The highest BCUT2D eigenvalue weighted by Crippen LogP contribution is 2.33. The van der Waals surface area contributed by atoms with E-state index in [2.05, 4.69) is 5.32 Å². The van der Waals surface area contributed by atoms with E-state index >= 15 is 0 Å². The van der Waals surface area contributed by atoms with Crippen LogP contribution in [0, 0.1) is 0 Å². The van der Waals surface area contributed by atoms with Gasteiger partial charge in [0.15, 0.2) is 5.78 Å². The fraction of sp³-hybridized carbons (Fsp3) is 0.200. The van der Waals surface area contributed by atoms with E-state index in [9.17, 15) is 9.59 Å². The van der Waals surface area contributed by atoms with Crippen LogP contribution in [0.3, 0.4) is 0 Å². The van der Waals surface area contributed by atoms with Gasteiger partial charge in [0.05, 0.1) is 16.7 Å². The lowest BCUT2D eigenvalue weighted by Crippen LogP contribution is -2.17. The Kier molecular flexibility index (Phi) is 5.71. The zero-order valence-electron chi connectivity index (χ0n) is 15.3. The lowest BCUT2D eigenvalue weighted by Gasteiger charge is -2.10. The molecule has 3 aromatic rings. The Hall–Kier alpha value is -2.93. The molecule has 2 aromatic heterocycles. The highest BCUT2D eigenvalue weighted by Gasteiger charge is 2.13. The van der Waals surface area contributed by atoms with Crippen LogP contribution < -0.4 is 5.32 Å². The van der Waals surface area contributed by atoms with Crippen LogP contribution in [-0.4, -0.2) is 22.5 Å². The maximum atomic E-state index is 12.1. The van der Waals surface area contributed by atoms with E-state index in [4.69, 9.17) is 9.15 Å². The van der Waals surface area contributed by atoms with Gasteiger partial charge in [-0.15, -0.1) is 0 Å². The number of furan rings is 1. The Bertz CT molecular complexity index is 945. The highest BCUT2D eigenvalue weighted by molar-refractivity contribution is 7.99. The van der Waals surface area contributed by atoms with Gasteiger partial charge in [0.2, 0.25) is 5.88 Å². The molecule has 0 radical (unpaired) electrons. The molecule has 0 unspecified atom stereocenters. The van der Waals surface area contributed by atoms with E-state index in [-0.39, 0.29) is 11.9 Å². The number of ether oxygens (including phenoxy) is 1. The fourth-order valence-electron chi connectivity index (χ4n) is 2.50. The predicted molar refractivity (Wildman–Crippen MR) is 104 cm³/mol. The molecule has 7 heteroatoms. The van der Waals surface area contributed by atoms with Gasteiger partial charge in [0.25, 0.3) is 0 Å². The fourth-order valence-corrected chi connectivity index (χ4v) is 3.35. The summed E-state index contributed by atoms with van der Waals surface area (Å²) in [6, 6.07) is 11.3. The van der Waals surface area contributed by atoms with Crippen LogP contribution in [0.2, 0.25) is 0 Å². The number of carbonyl (C=O) groups excluding carboxylic acids is 2. The Balaban J connectivity index is 1.75. The number of hydrogen-bond donors (Lipinski definition) is 1. The molecule has 0 saturated carbocycles. The van der Waals surface area contributed by atoms with Crippen LogP contribution in [0.1, 0.15) is 31.1 Å². The molecular weight excluding hydrogens is 364 g/mol. The first-order valence-corrected chi connectivity index (χ1v) is 9.26. The number of amides is 1. The molecule has 0 atom stereocenters. The van der Waals surface area contributed by atoms with Gasteiger partial charge in [-0.25, -0.2) is 4.79 Å². The molecule has 0 aliphatic heterocycles. The topological polar surface area (TPSA) is 73.5 Å². The Morgan fingerprint density at radius 3 is 2.56 bits per heavy atom. The van der Waals surface area contributed by atoms with Crippen molar-refractivity contribution in [3.8, 4) is 5.69 Å². The minimum atomic E-state index is -0.564. The minimum absolute atomic E-state index is 0.00729. The molecule has 0 saturated heterocycles. The zero-order chi connectivity index (χ0) is 19.4. The monoisotopic (exact) mass is 384 g/mol. The van der Waals surface area contributed by atoms with Crippen molar-refractivity contribution in [2.45, 2.75) is 36.7 Å². The smallest absolute Gasteiger partial charge is 0.414 e. The Labute approximate surface area is 161 Å². The molecule has 2 heterocycles. The number of hydrogen-bond acceptors (Lipinski definition) is 5. The summed E-state index contributed by atoms with van der Waals surface area (Å²) in [5, 5.41) is 2.54. The summed E-state index contributed by atoms with van der Waals surface area (Å²) < 4.78 is 12.3. The number of nitrogens with zero attached hydrogens (tertiary/aromatic N) is 1. The maximum Gasteiger partial charge on any atom is 0.414 e. The Morgan fingerprint density at radius 2 is 1.89 bits per heavy atom. The number of anilines is 1. The quantitative estimate of drug-likeness (QED) is 0.578. The molecule has 0 fully saturated rings. The molecule has 140 valence electrons. The van der Waals surface area contributed by atoms with Crippen molar-refractivity contribution in [1.29, 1.82) is 0 Å². The summed E-state index contributed by atoms with van der Waals surface area (Å²) in [5.41, 5.74) is 1.47. The molecule has 0 aliphatic carbocycles. The van der Waals surface area contributed by atoms with Crippen molar-refractivity contribution in [3.63, 3.8) is 0 Å². The summed E-state index contributed by atoms with van der Waals surface area (Å²) in [5.74, 6) is 0.297. The van der Waals surface area contributed by atoms with Gasteiger partial charge in [-0.3, -0.25) is 10.1 Å². The first kappa shape index (κ1) is 18.8. The van der Waals surface area contributed by atoms with E-state index in [0.717, 1.165) is 15.5 Å². The number of Topliss-reactive ketones (excluding diaryl/α,β-unsaturated/α-hetero) is 1. The molecule has 6 nitrogen and oxygen atoms in total. The second kappa shape index (κ2) is 8.18. The molecule has 0 spiro atoms. The van der Waals surface area contributed by atoms with Crippen molar-refractivity contribution < 1.29 is 18.7 Å². The lowest BCUT2D eigenvalue weighted by atomic mass is 10.1. The van der Waals surface area contributed by atoms with Crippen molar-refractivity contribution in [3.05, 3.63) is 60.6 Å². The summed E-state index contributed by atoms with van der Waals surface area (Å²) in [6.07, 6.45) is 4.57. The van der Waals surface area contributed by atoms with Gasteiger partial charge in [-0.2, -0.15) is 0 Å². The van der Waals surface area contributed by atoms with Crippen molar-refractivity contribution in [2.75, 3.05) is 5.32 Å². The average molecular weight is 384 g/mol. The standard InChI is InChI=1S/C20H20N2O4S/c1-13(2)26-20(24)21-19-11-16(12-25-19)27-15-6-7-18(17(10-15)14(3)23)22-8-4-5-9-22/h4-13H,1-3H3,(H,21,24). The highest BCUT2D eigenvalue weighted by atomic mass is 32.2. The van der Waals surface area contributed by atoms with Gasteiger partial charge >= 0.3 is 6.09 Å². The summed E-state index contributed by atoms with van der Waals surface area (Å²) in [7, 11) is 0. The summed E-state index contributed by atoms with van der Waals surface area (Å²) in [6.45, 7) is 5.09. The van der Waals surface area contributed by atoms with E-state index in [0.29, 0.717) is 11.4 Å².